The summed E-state index contributed by atoms with van der Waals surface area (Å²) in [6.07, 6.45) is 4.22. The molecule has 4 rings (SSSR count). The number of likely N-dealkylation sites (tertiary alicyclic amines) is 2. The Balaban J connectivity index is 1.45. The Labute approximate surface area is 183 Å². The Morgan fingerprint density at radius 1 is 1.03 bits per heavy atom. The fourth-order valence-corrected chi connectivity index (χ4v) is 4.73. The van der Waals surface area contributed by atoms with Gasteiger partial charge in [0.2, 0.25) is 11.8 Å². The van der Waals surface area contributed by atoms with Gasteiger partial charge in [-0.2, -0.15) is 0 Å². The van der Waals surface area contributed by atoms with Crippen molar-refractivity contribution in [2.75, 3.05) is 19.6 Å². The SMILES string of the molecule is CC(=O)N1CCC(C(=O)N2CCC[C@@H]2c2cccc(Cc3ccc(Cl)cc3)n2)CC1. The van der Waals surface area contributed by atoms with E-state index in [4.69, 9.17) is 16.6 Å². The smallest absolute Gasteiger partial charge is 0.226 e. The number of rotatable bonds is 4. The van der Waals surface area contributed by atoms with E-state index in [1.807, 2.05) is 52.3 Å². The molecule has 0 aliphatic carbocycles. The second-order valence-electron chi connectivity index (χ2n) is 8.33. The minimum atomic E-state index is 0.0125. The molecule has 2 aliphatic rings. The van der Waals surface area contributed by atoms with Crippen molar-refractivity contribution < 1.29 is 9.59 Å². The normalized spacial score (nSPS) is 19.9. The first kappa shape index (κ1) is 20.9. The number of nitrogens with zero attached hydrogens (tertiary/aromatic N) is 3. The molecule has 0 bridgehead atoms. The number of amides is 2. The molecule has 0 spiro atoms. The molecule has 1 atom stereocenters. The van der Waals surface area contributed by atoms with E-state index in [0.717, 1.165) is 55.1 Å². The average molecular weight is 426 g/mol. The summed E-state index contributed by atoms with van der Waals surface area (Å²) in [4.78, 5) is 33.6. The van der Waals surface area contributed by atoms with Crippen molar-refractivity contribution in [2.45, 2.75) is 45.1 Å². The fraction of sp³-hybridized carbons (Fsp3) is 0.458. The highest BCUT2D eigenvalue weighted by Crippen LogP contribution is 2.34. The standard InChI is InChI=1S/C24H28ClN3O2/c1-17(29)27-14-11-19(12-15-27)24(30)28-13-3-6-23(28)22-5-2-4-21(26-22)16-18-7-9-20(25)10-8-18/h2,4-5,7-10,19,23H,3,6,11-16H2,1H3/t23-/m1/s1. The summed E-state index contributed by atoms with van der Waals surface area (Å²) in [7, 11) is 0. The number of hydrogen-bond acceptors (Lipinski definition) is 3. The highest BCUT2D eigenvalue weighted by molar-refractivity contribution is 6.30. The molecule has 6 heteroatoms. The molecule has 3 heterocycles. The maximum atomic E-state index is 13.3. The first-order chi connectivity index (χ1) is 14.5. The van der Waals surface area contributed by atoms with Gasteiger partial charge in [-0.15, -0.1) is 0 Å². The Morgan fingerprint density at radius 3 is 2.47 bits per heavy atom. The van der Waals surface area contributed by atoms with Gasteiger partial charge in [0.15, 0.2) is 0 Å². The minimum Gasteiger partial charge on any atom is -0.343 e. The molecule has 5 nitrogen and oxygen atoms in total. The predicted molar refractivity (Wildman–Crippen MR) is 117 cm³/mol. The molecule has 1 aromatic carbocycles. The number of aromatic nitrogens is 1. The van der Waals surface area contributed by atoms with E-state index in [9.17, 15) is 9.59 Å². The van der Waals surface area contributed by atoms with Crippen molar-refractivity contribution >= 4 is 23.4 Å². The predicted octanol–water partition coefficient (Wildman–Crippen LogP) is 4.25. The van der Waals surface area contributed by atoms with Crippen LogP contribution in [0.4, 0.5) is 0 Å². The van der Waals surface area contributed by atoms with Crippen LogP contribution in [0.25, 0.3) is 0 Å². The van der Waals surface area contributed by atoms with Gasteiger partial charge in [-0.3, -0.25) is 14.6 Å². The molecular formula is C24H28ClN3O2. The molecular weight excluding hydrogens is 398 g/mol. The van der Waals surface area contributed by atoms with Gasteiger partial charge >= 0.3 is 0 Å². The lowest BCUT2D eigenvalue weighted by Crippen LogP contribution is -2.43. The van der Waals surface area contributed by atoms with E-state index < -0.39 is 0 Å². The van der Waals surface area contributed by atoms with Gasteiger partial charge in [-0.25, -0.2) is 0 Å². The molecule has 2 fully saturated rings. The van der Waals surface area contributed by atoms with Crippen molar-refractivity contribution in [1.82, 2.24) is 14.8 Å². The average Bonchev–Trinajstić information content (AvgIpc) is 3.25. The third-order valence-electron chi connectivity index (χ3n) is 6.29. The van der Waals surface area contributed by atoms with Crippen LogP contribution in [-0.4, -0.2) is 46.2 Å². The molecule has 0 saturated carbocycles. The lowest BCUT2D eigenvalue weighted by atomic mass is 9.94. The molecule has 0 N–H and O–H groups in total. The van der Waals surface area contributed by atoms with E-state index in [0.29, 0.717) is 13.1 Å². The molecule has 0 radical (unpaired) electrons. The fourth-order valence-electron chi connectivity index (χ4n) is 4.61. The number of carbonyl (C=O) groups is 2. The monoisotopic (exact) mass is 425 g/mol. The largest absolute Gasteiger partial charge is 0.343 e. The van der Waals surface area contributed by atoms with Crippen molar-refractivity contribution in [3.63, 3.8) is 0 Å². The van der Waals surface area contributed by atoms with Crippen molar-refractivity contribution in [2.24, 2.45) is 5.92 Å². The van der Waals surface area contributed by atoms with Gasteiger partial charge < -0.3 is 9.80 Å². The first-order valence-electron chi connectivity index (χ1n) is 10.8. The number of pyridine rings is 1. The summed E-state index contributed by atoms with van der Waals surface area (Å²) in [5, 5.41) is 0.731. The van der Waals surface area contributed by atoms with Gasteiger partial charge in [-0.05, 0) is 55.5 Å². The Hall–Kier alpha value is -2.40. The van der Waals surface area contributed by atoms with Crippen molar-refractivity contribution in [3.8, 4) is 0 Å². The summed E-state index contributed by atoms with van der Waals surface area (Å²) in [6, 6.07) is 14.0. The molecule has 2 aromatic rings. The van der Waals surface area contributed by atoms with Crippen LogP contribution in [0.5, 0.6) is 0 Å². The summed E-state index contributed by atoms with van der Waals surface area (Å²) in [5.74, 6) is 0.339. The quantitative estimate of drug-likeness (QED) is 0.735. The van der Waals surface area contributed by atoms with Gasteiger partial charge in [0.25, 0.3) is 0 Å². The first-order valence-corrected chi connectivity index (χ1v) is 11.2. The topological polar surface area (TPSA) is 53.5 Å². The van der Waals surface area contributed by atoms with Gasteiger partial charge in [-0.1, -0.05) is 29.8 Å². The minimum absolute atomic E-state index is 0.0125. The van der Waals surface area contributed by atoms with Crippen LogP contribution in [0.15, 0.2) is 42.5 Å². The second-order valence-corrected chi connectivity index (χ2v) is 8.76. The van der Waals surface area contributed by atoms with Crippen molar-refractivity contribution in [3.05, 3.63) is 64.4 Å². The van der Waals surface area contributed by atoms with Crippen LogP contribution >= 0.6 is 11.6 Å². The lowest BCUT2D eigenvalue weighted by molar-refractivity contribution is -0.140. The van der Waals surface area contributed by atoms with Crippen LogP contribution in [0, 0.1) is 5.92 Å². The molecule has 30 heavy (non-hydrogen) atoms. The van der Waals surface area contributed by atoms with Crippen LogP contribution < -0.4 is 0 Å². The van der Waals surface area contributed by atoms with Crippen LogP contribution in [0.1, 0.15) is 55.6 Å². The van der Waals surface area contributed by atoms with E-state index in [1.54, 1.807) is 6.92 Å². The molecule has 158 valence electrons. The zero-order valence-corrected chi connectivity index (χ0v) is 18.1. The highest BCUT2D eigenvalue weighted by Gasteiger charge is 2.36. The van der Waals surface area contributed by atoms with Crippen molar-refractivity contribution in [1.29, 1.82) is 0 Å². The molecule has 2 aliphatic heterocycles. The zero-order valence-electron chi connectivity index (χ0n) is 17.4. The Kier molecular flexibility index (Phi) is 6.38. The summed E-state index contributed by atoms with van der Waals surface area (Å²) in [5.41, 5.74) is 3.15. The van der Waals surface area contributed by atoms with Crippen LogP contribution in [0.2, 0.25) is 5.02 Å². The second kappa shape index (κ2) is 9.17. The number of halogens is 1. The third-order valence-corrected chi connectivity index (χ3v) is 6.55. The van der Waals surface area contributed by atoms with Crippen LogP contribution in [0.3, 0.4) is 0 Å². The summed E-state index contributed by atoms with van der Waals surface area (Å²) < 4.78 is 0. The number of benzene rings is 1. The zero-order chi connectivity index (χ0) is 21.1. The van der Waals surface area contributed by atoms with Gasteiger partial charge in [0.1, 0.15) is 0 Å². The number of hydrogen-bond donors (Lipinski definition) is 0. The molecule has 2 saturated heterocycles. The number of carbonyl (C=O) groups excluding carboxylic acids is 2. The van der Waals surface area contributed by atoms with E-state index >= 15 is 0 Å². The highest BCUT2D eigenvalue weighted by atomic mass is 35.5. The molecule has 2 amide bonds. The summed E-state index contributed by atoms with van der Waals surface area (Å²) >= 11 is 5.99. The molecule has 0 unspecified atom stereocenters. The third kappa shape index (κ3) is 4.67. The Bertz CT molecular complexity index is 907. The van der Waals surface area contributed by atoms with Crippen LogP contribution in [-0.2, 0) is 16.0 Å². The van der Waals surface area contributed by atoms with E-state index in [1.165, 1.54) is 5.56 Å². The maximum absolute atomic E-state index is 13.3. The lowest BCUT2D eigenvalue weighted by Gasteiger charge is -2.34. The van der Waals surface area contributed by atoms with Gasteiger partial charge in [0, 0.05) is 49.6 Å². The van der Waals surface area contributed by atoms with E-state index in [2.05, 4.69) is 0 Å². The number of piperidine rings is 1. The Morgan fingerprint density at radius 2 is 1.77 bits per heavy atom. The van der Waals surface area contributed by atoms with Gasteiger partial charge in [0.05, 0.1) is 11.7 Å². The van der Waals surface area contributed by atoms with E-state index in [-0.39, 0.29) is 23.8 Å². The molecule has 1 aromatic heterocycles. The maximum Gasteiger partial charge on any atom is 0.226 e. The summed E-state index contributed by atoms with van der Waals surface area (Å²) in [6.45, 7) is 3.75.